The lowest BCUT2D eigenvalue weighted by molar-refractivity contribution is 0.0734. The van der Waals surface area contributed by atoms with Crippen molar-refractivity contribution in [3.8, 4) is 11.5 Å². The number of nitrogens with one attached hydrogen (secondary N) is 1. The van der Waals surface area contributed by atoms with Gasteiger partial charge in [-0.15, -0.1) is 0 Å². The van der Waals surface area contributed by atoms with Crippen LogP contribution in [-0.2, 0) is 0 Å². The number of hydrogen-bond acceptors (Lipinski definition) is 5. The lowest BCUT2D eigenvalue weighted by Gasteiger charge is -2.08. The molecule has 0 bridgehead atoms. The topological polar surface area (TPSA) is 77.0 Å². The predicted molar refractivity (Wildman–Crippen MR) is 118 cm³/mol. The van der Waals surface area contributed by atoms with Gasteiger partial charge in [0.2, 0.25) is 0 Å². The average molecular weight is 467 g/mol. The molecule has 0 aliphatic carbocycles. The smallest absolute Gasteiger partial charge is 0.343 e. The Kier molecular flexibility index (Phi) is 6.98. The van der Waals surface area contributed by atoms with Crippen molar-refractivity contribution in [3.63, 3.8) is 0 Å². The third-order valence-electron chi connectivity index (χ3n) is 4.18. The molecule has 0 saturated carbocycles. The van der Waals surface area contributed by atoms with Crippen LogP contribution in [0, 0.1) is 6.92 Å². The highest BCUT2D eigenvalue weighted by Crippen LogP contribution is 2.23. The number of hydrazone groups is 1. The van der Waals surface area contributed by atoms with Crippen molar-refractivity contribution >= 4 is 34.0 Å². The van der Waals surface area contributed by atoms with Gasteiger partial charge < -0.3 is 9.47 Å². The maximum Gasteiger partial charge on any atom is 0.343 e. The minimum absolute atomic E-state index is 0.334. The van der Waals surface area contributed by atoms with Crippen LogP contribution in [0.1, 0.15) is 31.8 Å². The number of rotatable bonds is 6. The Bertz CT molecular complexity index is 1090. The van der Waals surface area contributed by atoms with Gasteiger partial charge in [-0.2, -0.15) is 5.10 Å². The van der Waals surface area contributed by atoms with Gasteiger partial charge in [0.15, 0.2) is 0 Å². The van der Waals surface area contributed by atoms with Crippen LogP contribution in [-0.4, -0.2) is 25.2 Å². The van der Waals surface area contributed by atoms with E-state index in [4.69, 9.17) is 9.47 Å². The molecule has 3 aromatic carbocycles. The number of esters is 1. The van der Waals surface area contributed by atoms with Gasteiger partial charge in [-0.25, -0.2) is 10.2 Å². The van der Waals surface area contributed by atoms with E-state index in [-0.39, 0.29) is 0 Å². The molecule has 0 unspecified atom stereocenters. The van der Waals surface area contributed by atoms with E-state index in [1.54, 1.807) is 54.6 Å². The van der Waals surface area contributed by atoms with Crippen LogP contribution in [0.3, 0.4) is 0 Å². The Balaban J connectivity index is 1.72. The van der Waals surface area contributed by atoms with E-state index in [9.17, 15) is 9.59 Å². The van der Waals surface area contributed by atoms with Crippen LogP contribution in [0.4, 0.5) is 0 Å². The van der Waals surface area contributed by atoms with Crippen molar-refractivity contribution in [2.75, 3.05) is 7.11 Å². The van der Waals surface area contributed by atoms with Gasteiger partial charge in [0, 0.05) is 10.0 Å². The summed E-state index contributed by atoms with van der Waals surface area (Å²) < 4.78 is 11.4. The maximum atomic E-state index is 12.4. The van der Waals surface area contributed by atoms with Crippen LogP contribution >= 0.6 is 15.9 Å². The van der Waals surface area contributed by atoms with Crippen molar-refractivity contribution in [2.45, 2.75) is 6.92 Å². The molecule has 7 heteroatoms. The third kappa shape index (κ3) is 5.33. The minimum Gasteiger partial charge on any atom is -0.496 e. The predicted octanol–water partition coefficient (Wildman–Crippen LogP) is 4.75. The summed E-state index contributed by atoms with van der Waals surface area (Å²) in [4.78, 5) is 24.8. The zero-order valence-electron chi connectivity index (χ0n) is 16.4. The van der Waals surface area contributed by atoms with Gasteiger partial charge in [0.25, 0.3) is 5.91 Å². The van der Waals surface area contributed by atoms with E-state index in [0.717, 1.165) is 10.0 Å². The number of nitrogens with zero attached hydrogens (tertiary/aromatic N) is 1. The monoisotopic (exact) mass is 466 g/mol. The SMILES string of the molecule is COc1ccc(Br)cc1C(=O)N/N=C\c1ccccc1OC(=O)c1ccc(C)cc1. The summed E-state index contributed by atoms with van der Waals surface area (Å²) in [7, 11) is 1.49. The lowest BCUT2D eigenvalue weighted by atomic mass is 10.1. The normalized spacial score (nSPS) is 10.6. The number of para-hydroxylation sites is 1. The van der Waals surface area contributed by atoms with Crippen molar-refractivity contribution in [3.05, 3.63) is 93.5 Å². The van der Waals surface area contributed by atoms with Crippen LogP contribution in [0.5, 0.6) is 11.5 Å². The number of carbonyl (C=O) groups excluding carboxylic acids is 2. The van der Waals surface area contributed by atoms with Gasteiger partial charge in [0.05, 0.1) is 24.5 Å². The molecule has 0 radical (unpaired) electrons. The number of methoxy groups -OCH3 is 1. The van der Waals surface area contributed by atoms with Gasteiger partial charge in [0.1, 0.15) is 11.5 Å². The molecule has 0 spiro atoms. The second-order valence-corrected chi connectivity index (χ2v) is 7.25. The second-order valence-electron chi connectivity index (χ2n) is 6.34. The highest BCUT2D eigenvalue weighted by molar-refractivity contribution is 9.10. The highest BCUT2D eigenvalue weighted by atomic mass is 79.9. The second kappa shape index (κ2) is 9.84. The van der Waals surface area contributed by atoms with E-state index >= 15 is 0 Å². The van der Waals surface area contributed by atoms with Crippen LogP contribution < -0.4 is 14.9 Å². The molecular weight excluding hydrogens is 448 g/mol. The first-order chi connectivity index (χ1) is 14.5. The summed E-state index contributed by atoms with van der Waals surface area (Å²) in [5, 5.41) is 3.99. The Morgan fingerprint density at radius 2 is 1.73 bits per heavy atom. The molecule has 3 aromatic rings. The van der Waals surface area contributed by atoms with Crippen LogP contribution in [0.25, 0.3) is 0 Å². The molecule has 0 atom stereocenters. The largest absolute Gasteiger partial charge is 0.496 e. The molecule has 30 heavy (non-hydrogen) atoms. The number of hydrogen-bond donors (Lipinski definition) is 1. The molecule has 0 aliphatic rings. The molecular formula is C23H19BrN2O4. The molecule has 3 rings (SSSR count). The van der Waals surface area contributed by atoms with Crippen LogP contribution in [0.2, 0.25) is 0 Å². The fourth-order valence-electron chi connectivity index (χ4n) is 2.61. The summed E-state index contributed by atoms with van der Waals surface area (Å²) >= 11 is 3.33. The van der Waals surface area contributed by atoms with Gasteiger partial charge in [-0.1, -0.05) is 45.8 Å². The molecule has 152 valence electrons. The number of ether oxygens (including phenoxy) is 2. The number of amides is 1. The van der Waals surface area contributed by atoms with E-state index in [1.165, 1.54) is 13.3 Å². The fourth-order valence-corrected chi connectivity index (χ4v) is 2.97. The van der Waals surface area contributed by atoms with Crippen molar-refractivity contribution in [1.82, 2.24) is 5.43 Å². The van der Waals surface area contributed by atoms with Gasteiger partial charge in [-0.3, -0.25) is 4.79 Å². The zero-order valence-corrected chi connectivity index (χ0v) is 18.0. The molecule has 1 amide bonds. The molecule has 0 fully saturated rings. The Hall–Kier alpha value is -3.45. The molecule has 0 saturated heterocycles. The maximum absolute atomic E-state index is 12.4. The fraction of sp³-hybridized carbons (Fsp3) is 0.0870. The molecule has 1 N–H and O–H groups in total. The summed E-state index contributed by atoms with van der Waals surface area (Å²) in [6, 6.07) is 19.1. The van der Waals surface area contributed by atoms with Crippen molar-refractivity contribution < 1.29 is 19.1 Å². The Morgan fingerprint density at radius 1 is 1.00 bits per heavy atom. The van der Waals surface area contributed by atoms with Gasteiger partial charge in [-0.05, 0) is 49.4 Å². The summed E-state index contributed by atoms with van der Waals surface area (Å²) in [5.74, 6) is -0.142. The number of aryl methyl sites for hydroxylation is 1. The van der Waals surface area contributed by atoms with E-state index in [2.05, 4.69) is 26.5 Å². The standard InChI is InChI=1S/C23H19BrN2O4/c1-15-7-9-16(10-8-15)23(28)30-20-6-4-3-5-17(20)14-25-26-22(27)19-13-18(24)11-12-21(19)29-2/h3-14H,1-2H3,(H,26,27)/b25-14-. The molecule has 0 heterocycles. The molecule has 6 nitrogen and oxygen atoms in total. The Labute approximate surface area is 182 Å². The summed E-state index contributed by atoms with van der Waals surface area (Å²) in [6.07, 6.45) is 1.42. The first-order valence-corrected chi connectivity index (χ1v) is 9.82. The quantitative estimate of drug-likeness (QED) is 0.246. The molecule has 0 aromatic heterocycles. The van der Waals surface area contributed by atoms with Crippen molar-refractivity contribution in [2.24, 2.45) is 5.10 Å². The number of carbonyl (C=O) groups is 2. The number of halogens is 1. The van der Waals surface area contributed by atoms with Crippen molar-refractivity contribution in [1.29, 1.82) is 0 Å². The first-order valence-electron chi connectivity index (χ1n) is 9.03. The van der Waals surface area contributed by atoms with Crippen LogP contribution in [0.15, 0.2) is 76.3 Å². The highest BCUT2D eigenvalue weighted by Gasteiger charge is 2.13. The minimum atomic E-state index is -0.473. The van der Waals surface area contributed by atoms with E-state index in [0.29, 0.717) is 28.2 Å². The van der Waals surface area contributed by atoms with Gasteiger partial charge >= 0.3 is 5.97 Å². The number of benzene rings is 3. The average Bonchev–Trinajstić information content (AvgIpc) is 2.75. The first kappa shape index (κ1) is 21.3. The Morgan fingerprint density at radius 3 is 2.47 bits per heavy atom. The molecule has 0 aliphatic heterocycles. The zero-order chi connectivity index (χ0) is 21.5. The summed E-state index contributed by atoms with van der Waals surface area (Å²) in [6.45, 7) is 1.94. The lowest BCUT2D eigenvalue weighted by Crippen LogP contribution is -2.18. The van der Waals surface area contributed by atoms with E-state index in [1.807, 2.05) is 19.1 Å². The van der Waals surface area contributed by atoms with E-state index < -0.39 is 11.9 Å². The third-order valence-corrected chi connectivity index (χ3v) is 4.68. The summed E-state index contributed by atoms with van der Waals surface area (Å²) in [5.41, 5.74) is 4.83.